The summed E-state index contributed by atoms with van der Waals surface area (Å²) < 4.78 is 0. The maximum atomic E-state index is 6.11. The van der Waals surface area contributed by atoms with Gasteiger partial charge in [-0.25, -0.2) is 0 Å². The van der Waals surface area contributed by atoms with Crippen LogP contribution in [0.4, 0.5) is 5.69 Å². The lowest BCUT2D eigenvalue weighted by Gasteiger charge is -2.36. The maximum Gasteiger partial charge on any atom is 0.173 e. The first kappa shape index (κ1) is 19.4. The molecule has 2 aromatic carbocycles. The second-order valence-electron chi connectivity index (χ2n) is 6.76. The smallest absolute Gasteiger partial charge is 0.173 e. The van der Waals surface area contributed by atoms with Gasteiger partial charge in [0.1, 0.15) is 0 Å². The number of hydrogen-bond donors (Lipinski definition) is 1. The van der Waals surface area contributed by atoms with Gasteiger partial charge in [-0.2, -0.15) is 0 Å². The molecule has 0 unspecified atom stereocenters. The molecule has 0 amide bonds. The minimum absolute atomic E-state index is 0.600. The molecule has 0 aliphatic carbocycles. The van der Waals surface area contributed by atoms with E-state index in [1.807, 2.05) is 18.2 Å². The Labute approximate surface area is 170 Å². The van der Waals surface area contributed by atoms with Gasteiger partial charge in [-0.1, -0.05) is 41.4 Å². The molecule has 2 aromatic rings. The van der Waals surface area contributed by atoms with E-state index in [4.69, 9.17) is 35.4 Å². The third-order valence-electron chi connectivity index (χ3n) is 4.68. The lowest BCUT2D eigenvalue weighted by atomic mass is 10.1. The zero-order valence-corrected chi connectivity index (χ0v) is 17.4. The van der Waals surface area contributed by atoms with Crippen LogP contribution in [0.2, 0.25) is 10.0 Å². The van der Waals surface area contributed by atoms with Crippen molar-refractivity contribution < 1.29 is 0 Å². The van der Waals surface area contributed by atoms with Gasteiger partial charge in [-0.3, -0.25) is 4.90 Å². The van der Waals surface area contributed by atoms with E-state index in [9.17, 15) is 0 Å². The van der Waals surface area contributed by atoms with Crippen molar-refractivity contribution in [2.24, 2.45) is 0 Å². The monoisotopic (exact) mass is 407 g/mol. The van der Waals surface area contributed by atoms with Crippen molar-refractivity contribution in [1.82, 2.24) is 9.80 Å². The fourth-order valence-corrected chi connectivity index (χ4v) is 3.68. The van der Waals surface area contributed by atoms with Gasteiger partial charge in [0, 0.05) is 38.4 Å². The summed E-state index contributed by atoms with van der Waals surface area (Å²) >= 11 is 17.7. The predicted molar refractivity (Wildman–Crippen MR) is 115 cm³/mol. The van der Waals surface area contributed by atoms with Gasteiger partial charge >= 0.3 is 0 Å². The van der Waals surface area contributed by atoms with E-state index < -0.39 is 0 Å². The molecule has 138 valence electrons. The zero-order valence-electron chi connectivity index (χ0n) is 15.1. The Morgan fingerprint density at radius 1 is 1.00 bits per heavy atom. The molecule has 26 heavy (non-hydrogen) atoms. The molecule has 1 saturated heterocycles. The van der Waals surface area contributed by atoms with Crippen LogP contribution < -0.4 is 5.32 Å². The van der Waals surface area contributed by atoms with Gasteiger partial charge in [0.05, 0.1) is 10.0 Å². The maximum absolute atomic E-state index is 6.11. The molecule has 3 nitrogen and oxygen atoms in total. The highest BCUT2D eigenvalue weighted by Gasteiger charge is 2.19. The van der Waals surface area contributed by atoms with Crippen molar-refractivity contribution in [3.8, 4) is 0 Å². The van der Waals surface area contributed by atoms with E-state index in [0.717, 1.165) is 43.5 Å². The van der Waals surface area contributed by atoms with E-state index >= 15 is 0 Å². The van der Waals surface area contributed by atoms with Crippen LogP contribution in [-0.4, -0.2) is 41.1 Å². The number of aryl methyl sites for hydroxylation is 2. The fraction of sp³-hybridized carbons (Fsp3) is 0.350. The first-order valence-corrected chi connectivity index (χ1v) is 9.88. The minimum atomic E-state index is 0.600. The van der Waals surface area contributed by atoms with Crippen molar-refractivity contribution in [2.75, 3.05) is 31.5 Å². The quantitative estimate of drug-likeness (QED) is 0.710. The first-order valence-electron chi connectivity index (χ1n) is 8.72. The molecule has 0 saturated carbocycles. The van der Waals surface area contributed by atoms with E-state index in [0.29, 0.717) is 10.0 Å². The molecule has 3 rings (SSSR count). The van der Waals surface area contributed by atoms with E-state index in [2.05, 4.69) is 47.2 Å². The van der Waals surface area contributed by atoms with Crippen molar-refractivity contribution in [3.05, 3.63) is 63.1 Å². The van der Waals surface area contributed by atoms with E-state index in [-0.39, 0.29) is 0 Å². The molecular weight excluding hydrogens is 385 g/mol. The van der Waals surface area contributed by atoms with E-state index in [1.165, 1.54) is 16.7 Å². The second-order valence-corrected chi connectivity index (χ2v) is 7.96. The summed E-state index contributed by atoms with van der Waals surface area (Å²) in [7, 11) is 0. The number of piperazine rings is 1. The zero-order chi connectivity index (χ0) is 18.7. The summed E-state index contributed by atoms with van der Waals surface area (Å²) in [6.45, 7) is 8.83. The van der Waals surface area contributed by atoms with Crippen LogP contribution in [0.15, 0.2) is 36.4 Å². The molecule has 1 N–H and O–H groups in total. The summed E-state index contributed by atoms with van der Waals surface area (Å²) in [4.78, 5) is 4.65. The number of nitrogens with zero attached hydrogens (tertiary/aromatic N) is 2. The molecule has 0 atom stereocenters. The molecule has 1 aliphatic rings. The molecule has 1 fully saturated rings. The molecule has 0 spiro atoms. The van der Waals surface area contributed by atoms with Crippen molar-refractivity contribution in [3.63, 3.8) is 0 Å². The summed E-state index contributed by atoms with van der Waals surface area (Å²) in [5.74, 6) is 0. The third-order valence-corrected chi connectivity index (χ3v) is 5.78. The lowest BCUT2D eigenvalue weighted by molar-refractivity contribution is 0.177. The normalized spacial score (nSPS) is 15.2. The SMILES string of the molecule is Cc1ccc(C)c(NC(=S)N2CCN(Cc3ccc(Cl)c(Cl)c3)CC2)c1. The van der Waals surface area contributed by atoms with Gasteiger partial charge in [-0.15, -0.1) is 0 Å². The van der Waals surface area contributed by atoms with Crippen LogP contribution in [0.25, 0.3) is 0 Å². The Kier molecular flexibility index (Phi) is 6.41. The fourth-order valence-electron chi connectivity index (χ4n) is 3.07. The van der Waals surface area contributed by atoms with Gasteiger partial charge < -0.3 is 10.2 Å². The summed E-state index contributed by atoms with van der Waals surface area (Å²) in [5, 5.41) is 5.42. The predicted octanol–water partition coefficient (Wildman–Crippen LogP) is 5.12. The standard InChI is InChI=1S/C20H23Cl2N3S/c1-14-3-4-15(2)19(11-14)23-20(26)25-9-7-24(8-10-25)13-16-5-6-17(21)18(22)12-16/h3-6,11-12H,7-10,13H2,1-2H3,(H,23,26). The molecule has 6 heteroatoms. The molecular formula is C20H23Cl2N3S. The van der Waals surface area contributed by atoms with Crippen LogP contribution >= 0.6 is 35.4 Å². The number of anilines is 1. The van der Waals surface area contributed by atoms with Crippen LogP contribution in [0, 0.1) is 13.8 Å². The Morgan fingerprint density at radius 2 is 1.73 bits per heavy atom. The number of nitrogens with one attached hydrogen (secondary N) is 1. The Balaban J connectivity index is 1.53. The van der Waals surface area contributed by atoms with Crippen LogP contribution in [0.5, 0.6) is 0 Å². The minimum Gasteiger partial charge on any atom is -0.346 e. The highest BCUT2D eigenvalue weighted by atomic mass is 35.5. The molecule has 0 radical (unpaired) electrons. The highest BCUT2D eigenvalue weighted by molar-refractivity contribution is 7.80. The van der Waals surface area contributed by atoms with Gasteiger partial charge in [0.2, 0.25) is 0 Å². The number of halogens is 2. The van der Waals surface area contributed by atoms with Gasteiger partial charge in [0.25, 0.3) is 0 Å². The average Bonchev–Trinajstić information content (AvgIpc) is 2.62. The highest BCUT2D eigenvalue weighted by Crippen LogP contribution is 2.23. The number of hydrogen-bond acceptors (Lipinski definition) is 2. The Bertz CT molecular complexity index is 802. The number of rotatable bonds is 3. The molecule has 0 bridgehead atoms. The molecule has 1 aliphatic heterocycles. The van der Waals surface area contributed by atoms with Crippen LogP contribution in [-0.2, 0) is 6.54 Å². The largest absolute Gasteiger partial charge is 0.346 e. The summed E-state index contributed by atoms with van der Waals surface area (Å²) in [6, 6.07) is 12.2. The first-order chi connectivity index (χ1) is 12.4. The topological polar surface area (TPSA) is 18.5 Å². The number of thiocarbonyl (C=S) groups is 1. The Hall–Kier alpha value is -1.33. The van der Waals surface area contributed by atoms with E-state index in [1.54, 1.807) is 0 Å². The van der Waals surface area contributed by atoms with Gasteiger partial charge in [-0.05, 0) is 61.0 Å². The Morgan fingerprint density at radius 3 is 2.42 bits per heavy atom. The second kappa shape index (κ2) is 8.57. The van der Waals surface area contributed by atoms with Crippen molar-refractivity contribution in [2.45, 2.75) is 20.4 Å². The third kappa shape index (κ3) is 4.89. The number of benzene rings is 2. The molecule has 0 aromatic heterocycles. The average molecular weight is 408 g/mol. The van der Waals surface area contributed by atoms with Crippen LogP contribution in [0.1, 0.15) is 16.7 Å². The van der Waals surface area contributed by atoms with Gasteiger partial charge in [0.15, 0.2) is 5.11 Å². The van der Waals surface area contributed by atoms with Crippen molar-refractivity contribution >= 4 is 46.2 Å². The van der Waals surface area contributed by atoms with Crippen molar-refractivity contribution in [1.29, 1.82) is 0 Å². The lowest BCUT2D eigenvalue weighted by Crippen LogP contribution is -2.49. The summed E-state index contributed by atoms with van der Waals surface area (Å²) in [5.41, 5.74) is 4.71. The summed E-state index contributed by atoms with van der Waals surface area (Å²) in [6.07, 6.45) is 0. The molecule has 1 heterocycles. The van der Waals surface area contributed by atoms with Crippen LogP contribution in [0.3, 0.4) is 0 Å².